The van der Waals surface area contributed by atoms with Gasteiger partial charge in [0.2, 0.25) is 0 Å². The highest BCUT2D eigenvalue weighted by molar-refractivity contribution is 6.43. The van der Waals surface area contributed by atoms with Crippen molar-refractivity contribution in [2.75, 3.05) is 0 Å². The van der Waals surface area contributed by atoms with Crippen LogP contribution in [0.2, 0.25) is 10.0 Å². The zero-order valence-electron chi connectivity index (χ0n) is 13.3. The Bertz CT molecular complexity index is 784. The Balaban J connectivity index is 2.19. The van der Waals surface area contributed by atoms with E-state index in [4.69, 9.17) is 23.2 Å². The van der Waals surface area contributed by atoms with E-state index in [0.717, 1.165) is 0 Å². The topological polar surface area (TPSA) is 64.0 Å². The van der Waals surface area contributed by atoms with Crippen molar-refractivity contribution < 1.29 is 9.59 Å². The maximum atomic E-state index is 12.4. The Morgan fingerprint density at radius 1 is 1.26 bits per heavy atom. The van der Waals surface area contributed by atoms with E-state index in [0.29, 0.717) is 32.6 Å². The number of Topliss-reactive ketones (excluding diaryl/α,β-unsaturated/α-hetero) is 1. The zero-order valence-corrected chi connectivity index (χ0v) is 14.8. The number of amides is 1. The molecule has 122 valence electrons. The summed E-state index contributed by atoms with van der Waals surface area (Å²) >= 11 is 12.0. The third-order valence-corrected chi connectivity index (χ3v) is 4.28. The van der Waals surface area contributed by atoms with Crippen molar-refractivity contribution in [2.24, 2.45) is 7.05 Å². The number of benzene rings is 1. The van der Waals surface area contributed by atoms with E-state index >= 15 is 0 Å². The van der Waals surface area contributed by atoms with Crippen LogP contribution in [0.15, 0.2) is 18.2 Å². The van der Waals surface area contributed by atoms with E-state index < -0.39 is 17.7 Å². The molecule has 0 fully saturated rings. The van der Waals surface area contributed by atoms with Crippen LogP contribution in [0.3, 0.4) is 0 Å². The van der Waals surface area contributed by atoms with Crippen molar-refractivity contribution in [1.29, 1.82) is 0 Å². The van der Waals surface area contributed by atoms with Crippen LogP contribution in [0.25, 0.3) is 0 Å². The normalized spacial score (nSPS) is 12.1. The minimum absolute atomic E-state index is 0.333. The summed E-state index contributed by atoms with van der Waals surface area (Å²) in [5.41, 5.74) is 2.21. The molecule has 1 aromatic heterocycles. The molecule has 0 aliphatic rings. The van der Waals surface area contributed by atoms with Crippen LogP contribution in [0, 0.1) is 13.8 Å². The summed E-state index contributed by atoms with van der Waals surface area (Å²) in [4.78, 5) is 24.6. The summed E-state index contributed by atoms with van der Waals surface area (Å²) in [6.45, 7) is 5.20. The van der Waals surface area contributed by atoms with Crippen LogP contribution in [-0.2, 0) is 11.8 Å². The lowest BCUT2D eigenvalue weighted by molar-refractivity contribution is -0.117. The SMILES string of the molecule is Cc1nn(C)c(C)c1C(=O)C(=O)NC(C)c1ccc(Cl)cc1Cl. The fourth-order valence-corrected chi connectivity index (χ4v) is 2.98. The molecule has 5 nitrogen and oxygen atoms in total. The third kappa shape index (κ3) is 3.57. The number of aryl methyl sites for hydroxylation is 2. The van der Waals surface area contributed by atoms with Crippen LogP contribution in [0.4, 0.5) is 0 Å². The number of rotatable bonds is 4. The number of carbonyl (C=O) groups excluding carboxylic acids is 2. The van der Waals surface area contributed by atoms with Crippen molar-refractivity contribution >= 4 is 34.9 Å². The van der Waals surface area contributed by atoms with E-state index in [-0.39, 0.29) is 0 Å². The summed E-state index contributed by atoms with van der Waals surface area (Å²) in [7, 11) is 1.73. The molecule has 1 amide bonds. The van der Waals surface area contributed by atoms with Gasteiger partial charge in [-0.2, -0.15) is 5.10 Å². The number of nitrogens with zero attached hydrogens (tertiary/aromatic N) is 2. The summed E-state index contributed by atoms with van der Waals surface area (Å²) in [5.74, 6) is -1.30. The van der Waals surface area contributed by atoms with Gasteiger partial charge in [-0.3, -0.25) is 14.3 Å². The van der Waals surface area contributed by atoms with Gasteiger partial charge in [0.25, 0.3) is 11.7 Å². The van der Waals surface area contributed by atoms with Crippen LogP contribution < -0.4 is 5.32 Å². The van der Waals surface area contributed by atoms with Crippen LogP contribution >= 0.6 is 23.2 Å². The number of halogens is 2. The maximum absolute atomic E-state index is 12.4. The number of nitrogens with one attached hydrogen (secondary N) is 1. The van der Waals surface area contributed by atoms with Gasteiger partial charge < -0.3 is 5.32 Å². The molecule has 1 N–H and O–H groups in total. The monoisotopic (exact) mass is 353 g/mol. The highest BCUT2D eigenvalue weighted by Gasteiger charge is 2.25. The lowest BCUT2D eigenvalue weighted by atomic mass is 10.1. The van der Waals surface area contributed by atoms with Gasteiger partial charge in [-0.05, 0) is 38.5 Å². The minimum Gasteiger partial charge on any atom is -0.343 e. The van der Waals surface area contributed by atoms with Gasteiger partial charge >= 0.3 is 0 Å². The molecular weight excluding hydrogens is 337 g/mol. The predicted octanol–water partition coefficient (Wildman–Crippen LogP) is 3.40. The number of carbonyl (C=O) groups is 2. The Kier molecular flexibility index (Phi) is 5.12. The fourth-order valence-electron chi connectivity index (χ4n) is 2.41. The number of ketones is 1. The Morgan fingerprint density at radius 2 is 1.91 bits per heavy atom. The van der Waals surface area contributed by atoms with Crippen molar-refractivity contribution in [3.63, 3.8) is 0 Å². The third-order valence-electron chi connectivity index (χ3n) is 3.72. The van der Waals surface area contributed by atoms with E-state index in [2.05, 4.69) is 10.4 Å². The molecule has 0 radical (unpaired) electrons. The first-order chi connectivity index (χ1) is 10.7. The molecule has 0 aliphatic carbocycles. The molecule has 0 saturated carbocycles. The van der Waals surface area contributed by atoms with Crippen LogP contribution in [-0.4, -0.2) is 21.5 Å². The fraction of sp³-hybridized carbons (Fsp3) is 0.312. The average Bonchev–Trinajstić information content (AvgIpc) is 2.71. The first-order valence-corrected chi connectivity index (χ1v) is 7.78. The molecule has 0 bridgehead atoms. The second-order valence-electron chi connectivity index (χ2n) is 5.36. The minimum atomic E-state index is -0.692. The quantitative estimate of drug-likeness (QED) is 0.676. The first kappa shape index (κ1) is 17.5. The molecule has 0 saturated heterocycles. The molecule has 1 heterocycles. The van der Waals surface area contributed by atoms with Crippen molar-refractivity contribution in [1.82, 2.24) is 15.1 Å². The van der Waals surface area contributed by atoms with E-state index in [1.807, 2.05) is 0 Å². The second kappa shape index (κ2) is 6.72. The molecule has 1 aromatic carbocycles. The van der Waals surface area contributed by atoms with Gasteiger partial charge in [0.15, 0.2) is 0 Å². The molecule has 1 unspecified atom stereocenters. The summed E-state index contributed by atoms with van der Waals surface area (Å²) < 4.78 is 1.58. The van der Waals surface area contributed by atoms with E-state index in [1.54, 1.807) is 50.7 Å². The van der Waals surface area contributed by atoms with Gasteiger partial charge in [0, 0.05) is 22.8 Å². The number of aromatic nitrogens is 2. The lowest BCUT2D eigenvalue weighted by Gasteiger charge is -2.15. The summed E-state index contributed by atoms with van der Waals surface area (Å²) in [5, 5.41) is 7.77. The van der Waals surface area contributed by atoms with Crippen molar-refractivity contribution in [2.45, 2.75) is 26.8 Å². The summed E-state index contributed by atoms with van der Waals surface area (Å²) in [6, 6.07) is 4.58. The van der Waals surface area contributed by atoms with Crippen LogP contribution in [0.5, 0.6) is 0 Å². The van der Waals surface area contributed by atoms with Gasteiger partial charge in [-0.25, -0.2) is 0 Å². The molecule has 2 aromatic rings. The molecule has 23 heavy (non-hydrogen) atoms. The largest absolute Gasteiger partial charge is 0.343 e. The highest BCUT2D eigenvalue weighted by Crippen LogP contribution is 2.26. The Labute approximate surface area is 144 Å². The smallest absolute Gasteiger partial charge is 0.293 e. The standard InChI is InChI=1S/C16H17Cl2N3O2/c1-8(12-6-5-11(17)7-13(12)18)19-16(23)15(22)14-9(2)20-21(4)10(14)3/h5-8H,1-4H3,(H,19,23). The van der Waals surface area contributed by atoms with Gasteiger partial charge in [0.1, 0.15) is 0 Å². The molecule has 7 heteroatoms. The lowest BCUT2D eigenvalue weighted by Crippen LogP contribution is -2.33. The molecule has 1 atom stereocenters. The van der Waals surface area contributed by atoms with Gasteiger partial charge in [0.05, 0.1) is 17.3 Å². The predicted molar refractivity (Wildman–Crippen MR) is 90.0 cm³/mol. The maximum Gasteiger partial charge on any atom is 0.293 e. The average molecular weight is 354 g/mol. The Hall–Kier alpha value is -1.85. The molecule has 0 spiro atoms. The molecule has 0 aliphatic heterocycles. The summed E-state index contributed by atoms with van der Waals surface area (Å²) in [6.07, 6.45) is 0. The second-order valence-corrected chi connectivity index (χ2v) is 6.20. The van der Waals surface area contributed by atoms with Crippen molar-refractivity contribution in [3.8, 4) is 0 Å². The first-order valence-electron chi connectivity index (χ1n) is 7.02. The van der Waals surface area contributed by atoms with Crippen LogP contribution in [0.1, 0.15) is 40.3 Å². The molecule has 2 rings (SSSR count). The van der Waals surface area contributed by atoms with E-state index in [9.17, 15) is 9.59 Å². The number of hydrogen-bond donors (Lipinski definition) is 1. The van der Waals surface area contributed by atoms with Crippen molar-refractivity contribution in [3.05, 3.63) is 50.8 Å². The zero-order chi connectivity index (χ0) is 17.3. The van der Waals surface area contributed by atoms with Gasteiger partial charge in [-0.15, -0.1) is 0 Å². The molecular formula is C16H17Cl2N3O2. The van der Waals surface area contributed by atoms with E-state index in [1.165, 1.54) is 0 Å². The highest BCUT2D eigenvalue weighted by atomic mass is 35.5. The van der Waals surface area contributed by atoms with Gasteiger partial charge in [-0.1, -0.05) is 29.3 Å². The Morgan fingerprint density at radius 3 is 2.43 bits per heavy atom. The number of hydrogen-bond acceptors (Lipinski definition) is 3.